The van der Waals surface area contributed by atoms with Crippen LogP contribution in [0.1, 0.15) is 5.56 Å². The number of fused-ring (bicyclic) bond motifs is 1. The highest BCUT2D eigenvalue weighted by Crippen LogP contribution is 2.36. The third-order valence-corrected chi connectivity index (χ3v) is 3.61. The van der Waals surface area contributed by atoms with E-state index in [9.17, 15) is 0 Å². The van der Waals surface area contributed by atoms with Crippen LogP contribution < -0.4 is 4.74 Å². The Hall–Kier alpha value is -0.670. The zero-order valence-electron chi connectivity index (χ0n) is 7.50. The average molecular weight is 210 g/mol. The normalized spacial score (nSPS) is 10.7. The smallest absolute Gasteiger partial charge is 0.136 e. The molecule has 0 unspecified atom stereocenters. The third-order valence-electron chi connectivity index (χ3n) is 2.09. The van der Waals surface area contributed by atoms with E-state index in [0.717, 1.165) is 16.2 Å². The van der Waals surface area contributed by atoms with Crippen LogP contribution in [0, 0.1) is 6.92 Å². The minimum atomic E-state index is 0.945. The number of ether oxygens (including phenoxy) is 1. The molecule has 0 fully saturated rings. The minimum Gasteiger partial charge on any atom is -0.495 e. The van der Waals surface area contributed by atoms with Crippen LogP contribution in [0.3, 0.4) is 0 Å². The van der Waals surface area contributed by atoms with Gasteiger partial charge in [0.15, 0.2) is 0 Å². The summed E-state index contributed by atoms with van der Waals surface area (Å²) in [4.78, 5) is 1.05. The lowest BCUT2D eigenvalue weighted by molar-refractivity contribution is 0.420. The van der Waals surface area contributed by atoms with Gasteiger partial charge in [0.05, 0.1) is 11.8 Å². The molecule has 1 aromatic carbocycles. The van der Waals surface area contributed by atoms with Crippen LogP contribution in [-0.4, -0.2) is 7.11 Å². The van der Waals surface area contributed by atoms with Crippen LogP contribution in [0.5, 0.6) is 5.75 Å². The topological polar surface area (TPSA) is 9.23 Å². The summed E-state index contributed by atoms with van der Waals surface area (Å²) >= 11 is 6.15. The molecule has 1 nitrogen and oxygen atoms in total. The number of methoxy groups -OCH3 is 1. The number of aryl methyl sites for hydroxylation is 1. The fraction of sp³-hybridized carbons (Fsp3) is 0.200. The van der Waals surface area contributed by atoms with E-state index in [-0.39, 0.29) is 0 Å². The highest BCUT2D eigenvalue weighted by Gasteiger charge is 2.08. The maximum Gasteiger partial charge on any atom is 0.136 e. The van der Waals surface area contributed by atoms with E-state index in [1.165, 1.54) is 10.1 Å². The van der Waals surface area contributed by atoms with Crippen LogP contribution in [0.25, 0.3) is 10.1 Å². The average Bonchev–Trinajstić information content (AvgIpc) is 2.60. The van der Waals surface area contributed by atoms with E-state index in [1.807, 2.05) is 13.0 Å². The molecule has 0 amide bonds. The molecule has 0 atom stereocenters. The first kappa shape index (κ1) is 8.91. The van der Waals surface area contributed by atoms with E-state index in [0.29, 0.717) is 0 Å². The minimum absolute atomic E-state index is 0.945. The van der Waals surface area contributed by atoms with Gasteiger partial charge in [-0.3, -0.25) is 0 Å². The summed E-state index contributed by atoms with van der Waals surface area (Å²) in [6.45, 7) is 2.04. The zero-order valence-corrected chi connectivity index (χ0v) is 9.21. The highest BCUT2D eigenvalue weighted by molar-refractivity contribution is 7.80. The van der Waals surface area contributed by atoms with Gasteiger partial charge in [-0.1, -0.05) is 0 Å². The third kappa shape index (κ3) is 1.32. The Bertz CT molecular complexity index is 445. The SMILES string of the molecule is COc1cc(C)c(S)c2ccsc12. The van der Waals surface area contributed by atoms with Crippen molar-refractivity contribution in [1.82, 2.24) is 0 Å². The van der Waals surface area contributed by atoms with Crippen molar-refractivity contribution < 1.29 is 4.74 Å². The van der Waals surface area contributed by atoms with Gasteiger partial charge >= 0.3 is 0 Å². The van der Waals surface area contributed by atoms with Gasteiger partial charge < -0.3 is 4.74 Å². The number of hydrogen-bond acceptors (Lipinski definition) is 3. The Morgan fingerprint density at radius 1 is 1.46 bits per heavy atom. The summed E-state index contributed by atoms with van der Waals surface area (Å²) in [6.07, 6.45) is 0. The van der Waals surface area contributed by atoms with Crippen molar-refractivity contribution in [3.8, 4) is 5.75 Å². The first-order valence-corrected chi connectivity index (χ1v) is 5.30. The molecule has 0 aliphatic heterocycles. The van der Waals surface area contributed by atoms with Crippen molar-refractivity contribution in [1.29, 1.82) is 0 Å². The molecule has 2 rings (SSSR count). The van der Waals surface area contributed by atoms with Crippen LogP contribution in [0.4, 0.5) is 0 Å². The fourth-order valence-corrected chi connectivity index (χ4v) is 2.60. The molecular formula is C10H10OS2. The second-order valence-corrected chi connectivity index (χ2v) is 4.27. The van der Waals surface area contributed by atoms with Crippen LogP contribution in [0.2, 0.25) is 0 Å². The fourth-order valence-electron chi connectivity index (χ4n) is 1.38. The maximum atomic E-state index is 5.30. The second kappa shape index (κ2) is 3.24. The van der Waals surface area contributed by atoms with Crippen LogP contribution >= 0.6 is 24.0 Å². The van der Waals surface area contributed by atoms with Crippen molar-refractivity contribution in [2.24, 2.45) is 0 Å². The molecule has 0 N–H and O–H groups in total. The molecule has 0 saturated heterocycles. The quantitative estimate of drug-likeness (QED) is 0.709. The number of hydrogen-bond donors (Lipinski definition) is 1. The summed E-state index contributed by atoms with van der Waals surface area (Å²) in [5.74, 6) is 0.945. The first-order chi connectivity index (χ1) is 6.24. The van der Waals surface area contributed by atoms with Crippen molar-refractivity contribution in [3.63, 3.8) is 0 Å². The standard InChI is InChI=1S/C10H10OS2/c1-6-5-8(11-2)10-7(9(6)12)3-4-13-10/h3-5,12H,1-2H3. The van der Waals surface area contributed by atoms with Gasteiger partial charge in [-0.05, 0) is 30.0 Å². The van der Waals surface area contributed by atoms with Gasteiger partial charge in [0.2, 0.25) is 0 Å². The number of rotatable bonds is 1. The Balaban J connectivity index is 2.87. The first-order valence-electron chi connectivity index (χ1n) is 3.98. The Morgan fingerprint density at radius 2 is 2.23 bits per heavy atom. The van der Waals surface area contributed by atoms with Gasteiger partial charge in [0.25, 0.3) is 0 Å². The lowest BCUT2D eigenvalue weighted by Gasteiger charge is -2.06. The van der Waals surface area contributed by atoms with Gasteiger partial charge in [-0.15, -0.1) is 24.0 Å². The summed E-state index contributed by atoms with van der Waals surface area (Å²) in [5, 5.41) is 3.25. The molecule has 0 spiro atoms. The molecule has 2 aromatic rings. The monoisotopic (exact) mass is 210 g/mol. The van der Waals surface area contributed by atoms with Gasteiger partial charge in [0, 0.05) is 10.3 Å². The number of thiophene rings is 1. The van der Waals surface area contributed by atoms with Crippen molar-refractivity contribution in [2.75, 3.05) is 7.11 Å². The summed E-state index contributed by atoms with van der Waals surface area (Å²) in [6, 6.07) is 4.11. The number of thiol groups is 1. The van der Waals surface area contributed by atoms with E-state index >= 15 is 0 Å². The van der Waals surface area contributed by atoms with Gasteiger partial charge in [-0.25, -0.2) is 0 Å². The Kier molecular flexibility index (Phi) is 2.22. The van der Waals surface area contributed by atoms with Gasteiger partial charge in [0.1, 0.15) is 5.75 Å². The molecule has 0 saturated carbocycles. The second-order valence-electron chi connectivity index (χ2n) is 2.91. The summed E-state index contributed by atoms with van der Waals surface area (Å²) < 4.78 is 6.48. The molecule has 0 bridgehead atoms. The predicted octanol–water partition coefficient (Wildman–Crippen LogP) is 3.51. The van der Waals surface area contributed by atoms with Crippen LogP contribution in [0.15, 0.2) is 22.4 Å². The Labute approximate surface area is 86.8 Å². The molecule has 68 valence electrons. The van der Waals surface area contributed by atoms with Crippen LogP contribution in [-0.2, 0) is 0 Å². The molecule has 3 heteroatoms. The molecule has 1 aromatic heterocycles. The largest absolute Gasteiger partial charge is 0.495 e. The Morgan fingerprint density at radius 3 is 2.92 bits per heavy atom. The van der Waals surface area contributed by atoms with E-state index in [2.05, 4.69) is 24.1 Å². The molecule has 13 heavy (non-hydrogen) atoms. The molecule has 0 radical (unpaired) electrons. The lowest BCUT2D eigenvalue weighted by atomic mass is 10.2. The molecule has 0 aliphatic rings. The summed E-state index contributed by atoms with van der Waals surface area (Å²) in [7, 11) is 1.70. The zero-order chi connectivity index (χ0) is 9.42. The lowest BCUT2D eigenvalue weighted by Crippen LogP contribution is -1.85. The van der Waals surface area contributed by atoms with Crippen molar-refractivity contribution >= 4 is 34.1 Å². The van der Waals surface area contributed by atoms with Crippen molar-refractivity contribution in [3.05, 3.63) is 23.1 Å². The molecule has 1 heterocycles. The molecule has 0 aliphatic carbocycles. The van der Waals surface area contributed by atoms with E-state index in [1.54, 1.807) is 18.4 Å². The van der Waals surface area contributed by atoms with Gasteiger partial charge in [-0.2, -0.15) is 0 Å². The van der Waals surface area contributed by atoms with Crippen molar-refractivity contribution in [2.45, 2.75) is 11.8 Å². The maximum absolute atomic E-state index is 5.30. The number of benzene rings is 1. The highest BCUT2D eigenvalue weighted by atomic mass is 32.1. The van der Waals surface area contributed by atoms with E-state index < -0.39 is 0 Å². The molecular weight excluding hydrogens is 200 g/mol. The predicted molar refractivity (Wildman–Crippen MR) is 60.4 cm³/mol. The van der Waals surface area contributed by atoms with E-state index in [4.69, 9.17) is 4.74 Å². The summed E-state index contributed by atoms with van der Waals surface area (Å²) in [5.41, 5.74) is 1.16.